The van der Waals surface area contributed by atoms with Crippen molar-refractivity contribution in [2.75, 3.05) is 6.54 Å². The van der Waals surface area contributed by atoms with Gasteiger partial charge in [-0.1, -0.05) is 44.2 Å². The Hall–Kier alpha value is -0.860. The summed E-state index contributed by atoms with van der Waals surface area (Å²) in [6.07, 6.45) is 1.61. The quantitative estimate of drug-likeness (QED) is 0.751. The molecule has 0 fully saturated rings. The molecular formula is C13H21NO. The van der Waals surface area contributed by atoms with Crippen molar-refractivity contribution in [2.24, 2.45) is 0 Å². The van der Waals surface area contributed by atoms with Crippen LogP contribution >= 0.6 is 0 Å². The van der Waals surface area contributed by atoms with Crippen LogP contribution in [0.25, 0.3) is 0 Å². The first-order chi connectivity index (χ1) is 7.27. The molecule has 0 aliphatic heterocycles. The van der Waals surface area contributed by atoms with Crippen LogP contribution in [0, 0.1) is 0 Å². The number of aliphatic hydroxyl groups is 1. The third-order valence-corrected chi connectivity index (χ3v) is 2.68. The van der Waals surface area contributed by atoms with E-state index in [0.717, 1.165) is 12.8 Å². The van der Waals surface area contributed by atoms with Crippen molar-refractivity contribution in [3.8, 4) is 0 Å². The van der Waals surface area contributed by atoms with E-state index in [2.05, 4.69) is 36.5 Å². The SMILES string of the molecule is CCC(O)CN[C@@H](CC)c1ccccc1. The van der Waals surface area contributed by atoms with Crippen LogP contribution in [0.5, 0.6) is 0 Å². The number of hydrogen-bond donors (Lipinski definition) is 2. The summed E-state index contributed by atoms with van der Waals surface area (Å²) in [5.41, 5.74) is 1.29. The van der Waals surface area contributed by atoms with Crippen LogP contribution in [-0.2, 0) is 0 Å². The van der Waals surface area contributed by atoms with Crippen molar-refractivity contribution < 1.29 is 5.11 Å². The predicted octanol–water partition coefficient (Wildman–Crippen LogP) is 2.50. The summed E-state index contributed by atoms with van der Waals surface area (Å²) in [5.74, 6) is 0. The highest BCUT2D eigenvalue weighted by molar-refractivity contribution is 5.18. The molecular weight excluding hydrogens is 186 g/mol. The lowest BCUT2D eigenvalue weighted by Crippen LogP contribution is -2.29. The topological polar surface area (TPSA) is 32.3 Å². The fraction of sp³-hybridized carbons (Fsp3) is 0.538. The second-order valence-electron chi connectivity index (χ2n) is 3.84. The Kier molecular flexibility index (Phi) is 5.37. The van der Waals surface area contributed by atoms with Gasteiger partial charge in [0.1, 0.15) is 0 Å². The minimum absolute atomic E-state index is 0.234. The van der Waals surface area contributed by atoms with E-state index < -0.39 is 0 Å². The summed E-state index contributed by atoms with van der Waals surface area (Å²) in [7, 11) is 0. The summed E-state index contributed by atoms with van der Waals surface area (Å²) in [6.45, 7) is 4.82. The second-order valence-corrected chi connectivity index (χ2v) is 3.84. The zero-order valence-corrected chi connectivity index (χ0v) is 9.61. The fourth-order valence-electron chi connectivity index (χ4n) is 1.61. The van der Waals surface area contributed by atoms with Gasteiger partial charge in [0.05, 0.1) is 6.10 Å². The molecule has 0 bridgehead atoms. The van der Waals surface area contributed by atoms with Gasteiger partial charge in [-0.2, -0.15) is 0 Å². The van der Waals surface area contributed by atoms with E-state index in [1.165, 1.54) is 5.56 Å². The summed E-state index contributed by atoms with van der Waals surface area (Å²) in [4.78, 5) is 0. The maximum atomic E-state index is 9.49. The molecule has 15 heavy (non-hydrogen) atoms. The monoisotopic (exact) mass is 207 g/mol. The highest BCUT2D eigenvalue weighted by atomic mass is 16.3. The van der Waals surface area contributed by atoms with Gasteiger partial charge in [-0.05, 0) is 18.4 Å². The highest BCUT2D eigenvalue weighted by Gasteiger charge is 2.09. The number of benzene rings is 1. The third-order valence-electron chi connectivity index (χ3n) is 2.68. The van der Waals surface area contributed by atoms with Crippen molar-refractivity contribution in [1.82, 2.24) is 5.32 Å². The van der Waals surface area contributed by atoms with Crippen molar-refractivity contribution in [3.63, 3.8) is 0 Å². The minimum atomic E-state index is -0.234. The zero-order chi connectivity index (χ0) is 11.1. The normalized spacial score (nSPS) is 14.9. The molecule has 0 heterocycles. The molecule has 0 aliphatic carbocycles. The molecule has 0 saturated carbocycles. The first-order valence-electron chi connectivity index (χ1n) is 5.74. The molecule has 0 spiro atoms. The second kappa shape index (κ2) is 6.59. The van der Waals surface area contributed by atoms with Crippen LogP contribution in [-0.4, -0.2) is 17.8 Å². The van der Waals surface area contributed by atoms with Gasteiger partial charge in [-0.25, -0.2) is 0 Å². The highest BCUT2D eigenvalue weighted by Crippen LogP contribution is 2.15. The molecule has 2 N–H and O–H groups in total. The van der Waals surface area contributed by atoms with E-state index in [-0.39, 0.29) is 6.10 Å². The molecule has 1 aromatic rings. The van der Waals surface area contributed by atoms with Gasteiger partial charge in [-0.15, -0.1) is 0 Å². The summed E-state index contributed by atoms with van der Waals surface area (Å²) in [5, 5.41) is 12.9. The van der Waals surface area contributed by atoms with Gasteiger partial charge in [0.15, 0.2) is 0 Å². The van der Waals surface area contributed by atoms with Crippen LogP contribution in [0.3, 0.4) is 0 Å². The smallest absolute Gasteiger partial charge is 0.0662 e. The molecule has 84 valence electrons. The average molecular weight is 207 g/mol. The molecule has 2 nitrogen and oxygen atoms in total. The Morgan fingerprint density at radius 1 is 1.13 bits per heavy atom. The van der Waals surface area contributed by atoms with E-state index in [1.807, 2.05) is 13.0 Å². The Labute approximate surface area is 92.3 Å². The molecule has 0 amide bonds. The number of aliphatic hydroxyl groups excluding tert-OH is 1. The van der Waals surface area contributed by atoms with Crippen LogP contribution in [0.2, 0.25) is 0 Å². The lowest BCUT2D eigenvalue weighted by Gasteiger charge is -2.19. The molecule has 0 saturated heterocycles. The maximum absolute atomic E-state index is 9.49. The molecule has 1 unspecified atom stereocenters. The van der Waals surface area contributed by atoms with E-state index in [4.69, 9.17) is 0 Å². The Balaban J connectivity index is 2.50. The third kappa shape index (κ3) is 4.02. The van der Waals surface area contributed by atoms with Gasteiger partial charge >= 0.3 is 0 Å². The summed E-state index contributed by atoms with van der Waals surface area (Å²) >= 11 is 0. The maximum Gasteiger partial charge on any atom is 0.0662 e. The van der Waals surface area contributed by atoms with E-state index in [9.17, 15) is 5.11 Å². The Bertz CT molecular complexity index is 260. The lowest BCUT2D eigenvalue weighted by molar-refractivity contribution is 0.162. The van der Waals surface area contributed by atoms with Crippen molar-refractivity contribution in [3.05, 3.63) is 35.9 Å². The zero-order valence-electron chi connectivity index (χ0n) is 9.61. The molecule has 0 aromatic heterocycles. The van der Waals surface area contributed by atoms with Crippen molar-refractivity contribution in [1.29, 1.82) is 0 Å². The molecule has 1 rings (SSSR count). The van der Waals surface area contributed by atoms with Crippen molar-refractivity contribution >= 4 is 0 Å². The van der Waals surface area contributed by atoms with Crippen LogP contribution in [0.4, 0.5) is 0 Å². The van der Waals surface area contributed by atoms with Crippen LogP contribution in [0.15, 0.2) is 30.3 Å². The fourth-order valence-corrected chi connectivity index (χ4v) is 1.61. The first kappa shape index (κ1) is 12.2. The number of hydrogen-bond acceptors (Lipinski definition) is 2. The molecule has 0 radical (unpaired) electrons. The number of nitrogens with one attached hydrogen (secondary N) is 1. The Morgan fingerprint density at radius 3 is 2.33 bits per heavy atom. The first-order valence-corrected chi connectivity index (χ1v) is 5.74. The van der Waals surface area contributed by atoms with Gasteiger partial charge in [0.2, 0.25) is 0 Å². The lowest BCUT2D eigenvalue weighted by atomic mass is 10.0. The van der Waals surface area contributed by atoms with Gasteiger partial charge in [0.25, 0.3) is 0 Å². The average Bonchev–Trinajstić information content (AvgIpc) is 2.31. The van der Waals surface area contributed by atoms with E-state index in [0.29, 0.717) is 12.6 Å². The molecule has 2 atom stereocenters. The minimum Gasteiger partial charge on any atom is -0.392 e. The van der Waals surface area contributed by atoms with Gasteiger partial charge in [-0.3, -0.25) is 0 Å². The van der Waals surface area contributed by atoms with Gasteiger partial charge < -0.3 is 10.4 Å². The largest absolute Gasteiger partial charge is 0.392 e. The number of rotatable bonds is 6. The summed E-state index contributed by atoms with van der Waals surface area (Å²) in [6, 6.07) is 10.7. The molecule has 0 aliphatic rings. The van der Waals surface area contributed by atoms with Crippen LogP contribution in [0.1, 0.15) is 38.3 Å². The van der Waals surface area contributed by atoms with Crippen LogP contribution < -0.4 is 5.32 Å². The van der Waals surface area contributed by atoms with E-state index >= 15 is 0 Å². The van der Waals surface area contributed by atoms with Crippen molar-refractivity contribution in [2.45, 2.75) is 38.8 Å². The molecule has 1 aromatic carbocycles. The van der Waals surface area contributed by atoms with Gasteiger partial charge in [0, 0.05) is 12.6 Å². The Morgan fingerprint density at radius 2 is 1.80 bits per heavy atom. The van der Waals surface area contributed by atoms with E-state index in [1.54, 1.807) is 0 Å². The predicted molar refractivity (Wildman–Crippen MR) is 63.8 cm³/mol. The standard InChI is InChI=1S/C13H21NO/c1-3-12(15)10-14-13(4-2)11-8-6-5-7-9-11/h5-9,12-15H,3-4,10H2,1-2H3/t12?,13-/m0/s1. The summed E-state index contributed by atoms with van der Waals surface area (Å²) < 4.78 is 0. The molecule has 2 heteroatoms.